The maximum Gasteiger partial charge on any atom is 0.0646 e. The minimum absolute atomic E-state index is 0.380. The molecule has 0 aliphatic carbocycles. The molecule has 0 saturated carbocycles. The van der Waals surface area contributed by atoms with Crippen LogP contribution in [0.1, 0.15) is 44.7 Å². The van der Waals surface area contributed by atoms with E-state index in [9.17, 15) is 4.21 Å². The van der Waals surface area contributed by atoms with Gasteiger partial charge < -0.3 is 5.01 Å². The fourth-order valence-corrected chi connectivity index (χ4v) is 3.08. The Labute approximate surface area is 119 Å². The second-order valence-electron chi connectivity index (χ2n) is 5.07. The summed E-state index contributed by atoms with van der Waals surface area (Å²) in [5.41, 5.74) is 3.14. The Morgan fingerprint density at radius 3 is 2.47 bits per heavy atom. The predicted molar refractivity (Wildman–Crippen MR) is 83.4 cm³/mol. The molecule has 0 heterocycles. The minimum atomic E-state index is -0.931. The lowest BCUT2D eigenvalue weighted by Gasteiger charge is -2.14. The van der Waals surface area contributed by atoms with Crippen LogP contribution in [0.2, 0.25) is 0 Å². The van der Waals surface area contributed by atoms with E-state index >= 15 is 0 Å². The molecule has 0 radical (unpaired) electrons. The van der Waals surface area contributed by atoms with Gasteiger partial charge in [-0.15, -0.1) is 0 Å². The largest absolute Gasteiger partial charge is 0.303 e. The summed E-state index contributed by atoms with van der Waals surface area (Å²) in [7, 11) is 2.87. The van der Waals surface area contributed by atoms with Crippen LogP contribution in [0, 0.1) is 0 Å². The number of hydrogen-bond acceptors (Lipinski definition) is 3. The monoisotopic (exact) mass is 280 g/mol. The van der Waals surface area contributed by atoms with E-state index in [4.69, 9.17) is 0 Å². The summed E-state index contributed by atoms with van der Waals surface area (Å²) in [6.45, 7) is 8.19. The third-order valence-electron chi connectivity index (χ3n) is 2.91. The van der Waals surface area contributed by atoms with E-state index in [1.54, 1.807) is 5.01 Å². The molecule has 3 nitrogen and oxygen atoms in total. The maximum atomic E-state index is 12.2. The molecule has 1 aromatic carbocycles. The van der Waals surface area contributed by atoms with Gasteiger partial charge in [-0.05, 0) is 30.0 Å². The normalized spacial score (nSPS) is 13.7. The van der Waals surface area contributed by atoms with Crippen molar-refractivity contribution < 1.29 is 4.21 Å². The molecule has 1 unspecified atom stereocenters. The van der Waals surface area contributed by atoms with Crippen molar-refractivity contribution in [3.8, 4) is 0 Å². The second kappa shape index (κ2) is 6.85. The molecule has 1 atom stereocenters. The molecule has 1 aromatic rings. The lowest BCUT2D eigenvalue weighted by Crippen LogP contribution is -2.09. The van der Waals surface area contributed by atoms with E-state index in [-0.39, 0.29) is 0 Å². The van der Waals surface area contributed by atoms with Crippen molar-refractivity contribution >= 4 is 16.5 Å². The second-order valence-corrected chi connectivity index (χ2v) is 6.78. The number of rotatable bonds is 5. The van der Waals surface area contributed by atoms with Gasteiger partial charge in [-0.3, -0.25) is 4.21 Å². The highest BCUT2D eigenvalue weighted by atomic mass is 32.2. The van der Waals surface area contributed by atoms with E-state index in [1.165, 1.54) is 5.56 Å². The lowest BCUT2D eigenvalue weighted by atomic mass is 10.0. The van der Waals surface area contributed by atoms with E-state index < -0.39 is 10.8 Å². The molecule has 106 valence electrons. The summed E-state index contributed by atoms with van der Waals surface area (Å²) in [6, 6.07) is 6.17. The molecule has 0 bridgehead atoms. The first kappa shape index (κ1) is 15.9. The van der Waals surface area contributed by atoms with Gasteiger partial charge in [0.1, 0.15) is 0 Å². The van der Waals surface area contributed by atoms with Gasteiger partial charge in [0.25, 0.3) is 0 Å². The van der Waals surface area contributed by atoms with Crippen LogP contribution < -0.4 is 0 Å². The molecule has 0 fully saturated rings. The average molecular weight is 280 g/mol. The van der Waals surface area contributed by atoms with Gasteiger partial charge in [-0.1, -0.05) is 32.9 Å². The number of benzene rings is 1. The maximum absolute atomic E-state index is 12.2. The Hall–Kier alpha value is -1.16. The Morgan fingerprint density at radius 2 is 2.00 bits per heavy atom. The topological polar surface area (TPSA) is 32.7 Å². The van der Waals surface area contributed by atoms with Crippen molar-refractivity contribution in [1.82, 2.24) is 5.01 Å². The summed E-state index contributed by atoms with van der Waals surface area (Å²) < 4.78 is 12.2. The van der Waals surface area contributed by atoms with Crippen LogP contribution in [-0.2, 0) is 10.8 Å². The van der Waals surface area contributed by atoms with Crippen molar-refractivity contribution in [1.29, 1.82) is 0 Å². The van der Waals surface area contributed by atoms with Crippen LogP contribution in [0.25, 0.3) is 0 Å². The molecule has 0 spiro atoms. The fourth-order valence-electron chi connectivity index (χ4n) is 1.95. The van der Waals surface area contributed by atoms with Crippen LogP contribution >= 0.6 is 0 Å². The van der Waals surface area contributed by atoms with Gasteiger partial charge >= 0.3 is 0 Å². The highest BCUT2D eigenvalue weighted by Gasteiger charge is 2.13. The number of hydrazone groups is 1. The van der Waals surface area contributed by atoms with Crippen LogP contribution in [0.5, 0.6) is 0 Å². The third-order valence-corrected chi connectivity index (χ3v) is 4.28. The van der Waals surface area contributed by atoms with Crippen molar-refractivity contribution in [3.05, 3.63) is 29.3 Å². The molecule has 0 N–H and O–H groups in total. The molecular weight excluding hydrogens is 256 g/mol. The van der Waals surface area contributed by atoms with Gasteiger partial charge in [-0.25, -0.2) is 0 Å². The van der Waals surface area contributed by atoms with Crippen LogP contribution in [-0.4, -0.2) is 34.8 Å². The Morgan fingerprint density at radius 1 is 1.37 bits per heavy atom. The lowest BCUT2D eigenvalue weighted by molar-refractivity contribution is 0.438. The zero-order chi connectivity index (χ0) is 14.6. The van der Waals surface area contributed by atoms with Crippen LogP contribution in [0.15, 0.2) is 28.2 Å². The van der Waals surface area contributed by atoms with Crippen LogP contribution in [0.3, 0.4) is 0 Å². The number of hydrogen-bond donors (Lipinski definition) is 0. The fraction of sp³-hybridized carbons (Fsp3) is 0.533. The SMILES string of the molecule is CCS(=O)c1cc(/C(C)=N/N(C)C)ccc1C(C)C. The first-order chi connectivity index (χ1) is 8.86. The highest BCUT2D eigenvalue weighted by Crippen LogP contribution is 2.24. The zero-order valence-electron chi connectivity index (χ0n) is 12.7. The molecule has 0 saturated heterocycles. The Bertz CT molecular complexity index is 493. The van der Waals surface area contributed by atoms with Gasteiger partial charge in [0.15, 0.2) is 0 Å². The quantitative estimate of drug-likeness (QED) is 0.613. The number of nitrogens with zero attached hydrogens (tertiary/aromatic N) is 2. The van der Waals surface area contributed by atoms with E-state index in [0.29, 0.717) is 11.7 Å². The van der Waals surface area contributed by atoms with Crippen molar-refractivity contribution in [2.24, 2.45) is 5.10 Å². The predicted octanol–water partition coefficient (Wildman–Crippen LogP) is 3.22. The molecule has 1 rings (SSSR count). The first-order valence-electron chi connectivity index (χ1n) is 6.62. The summed E-state index contributed by atoms with van der Waals surface area (Å²) in [5, 5.41) is 6.18. The van der Waals surface area contributed by atoms with Crippen molar-refractivity contribution in [2.45, 2.75) is 38.5 Å². The summed E-state index contributed by atoms with van der Waals surface area (Å²) in [5.74, 6) is 1.03. The van der Waals surface area contributed by atoms with E-state index in [0.717, 1.165) is 16.2 Å². The zero-order valence-corrected chi connectivity index (χ0v) is 13.5. The molecule has 0 aliphatic heterocycles. The van der Waals surface area contributed by atoms with Gasteiger partial charge in [0.2, 0.25) is 0 Å². The van der Waals surface area contributed by atoms with Crippen molar-refractivity contribution in [2.75, 3.05) is 19.8 Å². The summed E-state index contributed by atoms with van der Waals surface area (Å²) >= 11 is 0. The molecular formula is C15H24N2OS. The highest BCUT2D eigenvalue weighted by molar-refractivity contribution is 7.85. The standard InChI is InChI=1S/C15H24N2OS/c1-7-19(18)15-10-13(12(4)16-17(5)6)8-9-14(15)11(2)3/h8-11H,7H2,1-6H3/b16-12+. The minimum Gasteiger partial charge on any atom is -0.303 e. The van der Waals surface area contributed by atoms with Crippen molar-refractivity contribution in [3.63, 3.8) is 0 Å². The third kappa shape index (κ3) is 4.16. The Balaban J connectivity index is 3.30. The smallest absolute Gasteiger partial charge is 0.0646 e. The van der Waals surface area contributed by atoms with Gasteiger partial charge in [0.05, 0.1) is 16.5 Å². The molecule has 0 amide bonds. The molecule has 0 aromatic heterocycles. The summed E-state index contributed by atoms with van der Waals surface area (Å²) in [6.07, 6.45) is 0. The van der Waals surface area contributed by atoms with E-state index in [2.05, 4.69) is 31.1 Å². The average Bonchev–Trinajstić information content (AvgIpc) is 2.36. The molecule has 0 aliphatic rings. The van der Waals surface area contributed by atoms with E-state index in [1.807, 2.05) is 34.0 Å². The first-order valence-corrected chi connectivity index (χ1v) is 7.93. The summed E-state index contributed by atoms with van der Waals surface area (Å²) in [4.78, 5) is 0.948. The van der Waals surface area contributed by atoms with Crippen LogP contribution in [0.4, 0.5) is 0 Å². The van der Waals surface area contributed by atoms with Gasteiger partial charge in [-0.2, -0.15) is 5.10 Å². The molecule has 4 heteroatoms. The molecule has 19 heavy (non-hydrogen) atoms. The Kier molecular flexibility index (Phi) is 5.73. The van der Waals surface area contributed by atoms with Gasteiger partial charge in [0, 0.05) is 24.7 Å².